The second-order valence-electron chi connectivity index (χ2n) is 5.28. The highest BCUT2D eigenvalue weighted by Crippen LogP contribution is 2.26. The van der Waals surface area contributed by atoms with Crippen LogP contribution in [-0.2, 0) is 4.79 Å². The van der Waals surface area contributed by atoms with Gasteiger partial charge < -0.3 is 14.8 Å². The molecule has 0 unspecified atom stereocenters. The normalized spacial score (nSPS) is 11.7. The standard InChI is InChI=1S/C18H20ClNO3/c1-12-7-8-17(22-3)16(9-12)13(2)20-18(21)11-23-15-6-4-5-14(19)10-15/h4-10,13H,11H2,1-3H3,(H,20,21)/t13-/m0/s1. The first kappa shape index (κ1) is 17.2. The Balaban J connectivity index is 1.96. The van der Waals surface area contributed by atoms with Gasteiger partial charge in [0.05, 0.1) is 13.2 Å². The molecule has 0 fully saturated rings. The summed E-state index contributed by atoms with van der Waals surface area (Å²) >= 11 is 5.88. The Hall–Kier alpha value is -2.20. The molecule has 23 heavy (non-hydrogen) atoms. The Morgan fingerprint density at radius 3 is 2.74 bits per heavy atom. The number of amides is 1. The molecule has 2 rings (SSSR count). The molecule has 0 aliphatic heterocycles. The van der Waals surface area contributed by atoms with Gasteiger partial charge in [-0.25, -0.2) is 0 Å². The summed E-state index contributed by atoms with van der Waals surface area (Å²) < 4.78 is 10.8. The molecule has 4 nitrogen and oxygen atoms in total. The summed E-state index contributed by atoms with van der Waals surface area (Å²) in [6.07, 6.45) is 0. The monoisotopic (exact) mass is 333 g/mol. The van der Waals surface area contributed by atoms with E-state index in [0.717, 1.165) is 16.9 Å². The van der Waals surface area contributed by atoms with Crippen molar-refractivity contribution in [3.8, 4) is 11.5 Å². The van der Waals surface area contributed by atoms with Gasteiger partial charge in [0.2, 0.25) is 0 Å². The average molecular weight is 334 g/mol. The van der Waals surface area contributed by atoms with Gasteiger partial charge in [-0.3, -0.25) is 4.79 Å². The molecular weight excluding hydrogens is 314 g/mol. The summed E-state index contributed by atoms with van der Waals surface area (Å²) in [7, 11) is 1.62. The third-order valence-electron chi connectivity index (χ3n) is 3.40. The molecule has 1 N–H and O–H groups in total. The summed E-state index contributed by atoms with van der Waals surface area (Å²) in [4.78, 5) is 12.1. The molecule has 0 saturated heterocycles. The molecule has 0 aliphatic carbocycles. The number of hydrogen-bond donors (Lipinski definition) is 1. The average Bonchev–Trinajstić information content (AvgIpc) is 2.53. The van der Waals surface area contributed by atoms with Crippen LogP contribution >= 0.6 is 11.6 Å². The van der Waals surface area contributed by atoms with Crippen molar-refractivity contribution in [2.45, 2.75) is 19.9 Å². The summed E-state index contributed by atoms with van der Waals surface area (Å²) in [5, 5.41) is 3.48. The molecule has 0 aliphatic rings. The van der Waals surface area contributed by atoms with Crippen molar-refractivity contribution in [1.29, 1.82) is 0 Å². The van der Waals surface area contributed by atoms with Crippen molar-refractivity contribution in [2.75, 3.05) is 13.7 Å². The van der Waals surface area contributed by atoms with Crippen molar-refractivity contribution in [2.24, 2.45) is 0 Å². The van der Waals surface area contributed by atoms with E-state index >= 15 is 0 Å². The van der Waals surface area contributed by atoms with E-state index in [1.165, 1.54) is 0 Å². The first-order valence-electron chi connectivity index (χ1n) is 7.32. The Bertz CT molecular complexity index is 688. The molecule has 0 bridgehead atoms. The van der Waals surface area contributed by atoms with Gasteiger partial charge in [0.25, 0.3) is 5.91 Å². The molecule has 1 amide bonds. The number of carbonyl (C=O) groups excluding carboxylic acids is 1. The van der Waals surface area contributed by atoms with E-state index in [0.29, 0.717) is 10.8 Å². The Kier molecular flexibility index (Phi) is 5.88. The van der Waals surface area contributed by atoms with E-state index in [1.54, 1.807) is 31.4 Å². The lowest BCUT2D eigenvalue weighted by Gasteiger charge is -2.18. The van der Waals surface area contributed by atoms with E-state index < -0.39 is 0 Å². The van der Waals surface area contributed by atoms with E-state index in [9.17, 15) is 4.79 Å². The Morgan fingerprint density at radius 2 is 2.04 bits per heavy atom. The van der Waals surface area contributed by atoms with Crippen LogP contribution in [-0.4, -0.2) is 19.6 Å². The molecule has 0 saturated carbocycles. The highest BCUT2D eigenvalue weighted by Gasteiger charge is 2.14. The Labute approximate surface area is 141 Å². The van der Waals surface area contributed by atoms with E-state index in [1.807, 2.05) is 32.0 Å². The number of ether oxygens (including phenoxy) is 2. The van der Waals surface area contributed by atoms with Crippen LogP contribution in [0.3, 0.4) is 0 Å². The van der Waals surface area contributed by atoms with Crippen LogP contribution in [0.2, 0.25) is 5.02 Å². The van der Waals surface area contributed by atoms with Gasteiger partial charge in [-0.05, 0) is 38.1 Å². The van der Waals surface area contributed by atoms with Gasteiger partial charge >= 0.3 is 0 Å². The van der Waals surface area contributed by atoms with Crippen molar-refractivity contribution in [1.82, 2.24) is 5.32 Å². The molecule has 122 valence electrons. The zero-order valence-corrected chi connectivity index (χ0v) is 14.2. The predicted octanol–water partition coefficient (Wildman–Crippen LogP) is 3.91. The van der Waals surface area contributed by atoms with Gasteiger partial charge in [0.1, 0.15) is 11.5 Å². The summed E-state index contributed by atoms with van der Waals surface area (Å²) in [5.74, 6) is 1.11. The molecule has 5 heteroatoms. The fourth-order valence-corrected chi connectivity index (χ4v) is 2.44. The van der Waals surface area contributed by atoms with Crippen LogP contribution in [0, 0.1) is 6.92 Å². The van der Waals surface area contributed by atoms with Crippen molar-refractivity contribution < 1.29 is 14.3 Å². The molecule has 2 aromatic rings. The van der Waals surface area contributed by atoms with E-state index in [4.69, 9.17) is 21.1 Å². The van der Waals surface area contributed by atoms with Crippen LogP contribution in [0.5, 0.6) is 11.5 Å². The van der Waals surface area contributed by atoms with Crippen LogP contribution in [0.1, 0.15) is 24.1 Å². The number of aryl methyl sites for hydroxylation is 1. The number of hydrogen-bond acceptors (Lipinski definition) is 3. The van der Waals surface area contributed by atoms with Crippen LogP contribution in [0.15, 0.2) is 42.5 Å². The Morgan fingerprint density at radius 1 is 1.26 bits per heavy atom. The minimum absolute atomic E-state index is 0.0706. The maximum absolute atomic E-state index is 12.1. The van der Waals surface area contributed by atoms with Crippen LogP contribution in [0.4, 0.5) is 0 Å². The van der Waals surface area contributed by atoms with Crippen LogP contribution in [0.25, 0.3) is 0 Å². The number of methoxy groups -OCH3 is 1. The molecule has 2 aromatic carbocycles. The first-order chi connectivity index (χ1) is 11.0. The molecule has 1 atom stereocenters. The number of nitrogens with one attached hydrogen (secondary N) is 1. The number of carbonyl (C=O) groups is 1. The van der Waals surface area contributed by atoms with Gasteiger partial charge in [0, 0.05) is 10.6 Å². The lowest BCUT2D eigenvalue weighted by Crippen LogP contribution is -2.31. The van der Waals surface area contributed by atoms with E-state index in [-0.39, 0.29) is 18.6 Å². The number of rotatable bonds is 6. The smallest absolute Gasteiger partial charge is 0.258 e. The zero-order valence-electron chi connectivity index (χ0n) is 13.4. The lowest BCUT2D eigenvalue weighted by atomic mass is 10.0. The third kappa shape index (κ3) is 4.89. The van der Waals surface area contributed by atoms with Crippen molar-refractivity contribution in [3.05, 3.63) is 58.6 Å². The number of halogens is 1. The van der Waals surface area contributed by atoms with Gasteiger partial charge in [-0.15, -0.1) is 0 Å². The topological polar surface area (TPSA) is 47.6 Å². The molecular formula is C18H20ClNO3. The largest absolute Gasteiger partial charge is 0.496 e. The number of benzene rings is 2. The SMILES string of the molecule is COc1ccc(C)cc1[C@H](C)NC(=O)COc1cccc(Cl)c1. The van der Waals surface area contributed by atoms with Crippen molar-refractivity contribution >= 4 is 17.5 Å². The van der Waals surface area contributed by atoms with Gasteiger partial charge in [-0.1, -0.05) is 35.4 Å². The lowest BCUT2D eigenvalue weighted by molar-refractivity contribution is -0.123. The summed E-state index contributed by atoms with van der Waals surface area (Å²) in [6, 6.07) is 12.6. The second-order valence-corrected chi connectivity index (χ2v) is 5.72. The van der Waals surface area contributed by atoms with Crippen molar-refractivity contribution in [3.63, 3.8) is 0 Å². The highest BCUT2D eigenvalue weighted by molar-refractivity contribution is 6.30. The zero-order chi connectivity index (χ0) is 16.8. The van der Waals surface area contributed by atoms with Gasteiger partial charge in [0.15, 0.2) is 6.61 Å². The quantitative estimate of drug-likeness (QED) is 0.871. The minimum Gasteiger partial charge on any atom is -0.496 e. The fourth-order valence-electron chi connectivity index (χ4n) is 2.26. The third-order valence-corrected chi connectivity index (χ3v) is 3.63. The minimum atomic E-state index is -0.207. The molecule has 0 spiro atoms. The fraction of sp³-hybridized carbons (Fsp3) is 0.278. The summed E-state index contributed by atoms with van der Waals surface area (Å²) in [6.45, 7) is 3.84. The molecule has 0 radical (unpaired) electrons. The maximum Gasteiger partial charge on any atom is 0.258 e. The highest BCUT2D eigenvalue weighted by atomic mass is 35.5. The molecule has 0 heterocycles. The van der Waals surface area contributed by atoms with Crippen LogP contribution < -0.4 is 14.8 Å². The summed E-state index contributed by atoms with van der Waals surface area (Å²) in [5.41, 5.74) is 2.04. The van der Waals surface area contributed by atoms with E-state index in [2.05, 4.69) is 5.32 Å². The molecule has 0 aromatic heterocycles. The second kappa shape index (κ2) is 7.88. The maximum atomic E-state index is 12.1. The first-order valence-corrected chi connectivity index (χ1v) is 7.69. The predicted molar refractivity (Wildman–Crippen MR) is 91.2 cm³/mol. The van der Waals surface area contributed by atoms with Gasteiger partial charge in [-0.2, -0.15) is 0 Å².